The Hall–Kier alpha value is -2.07. The van der Waals surface area contributed by atoms with E-state index >= 15 is 0 Å². The molecule has 3 rings (SSSR count). The van der Waals surface area contributed by atoms with Gasteiger partial charge in [0, 0.05) is 4.90 Å². The molecule has 0 unspecified atom stereocenters. The van der Waals surface area contributed by atoms with Gasteiger partial charge in [0.05, 0.1) is 11.3 Å². The summed E-state index contributed by atoms with van der Waals surface area (Å²) in [6.45, 7) is 0. The molecule has 1 aliphatic heterocycles. The van der Waals surface area contributed by atoms with E-state index in [4.69, 9.17) is 0 Å². The average Bonchev–Trinajstić information content (AvgIpc) is 2.66. The molecule has 0 aliphatic carbocycles. The van der Waals surface area contributed by atoms with Gasteiger partial charge in [-0.05, 0) is 36.2 Å². The lowest BCUT2D eigenvalue weighted by atomic mass is 10.1. The summed E-state index contributed by atoms with van der Waals surface area (Å²) in [5, 5.41) is 0. The lowest BCUT2D eigenvalue weighted by Crippen LogP contribution is -2.22. The second-order valence-corrected chi connectivity index (χ2v) is 4.87. The third kappa shape index (κ3) is 1.71. The van der Waals surface area contributed by atoms with Crippen molar-refractivity contribution in [1.29, 1.82) is 0 Å². The maximum Gasteiger partial charge on any atom is 0.309 e. The predicted octanol–water partition coefficient (Wildman–Crippen LogP) is 2.92. The average molecular weight is 255 g/mol. The summed E-state index contributed by atoms with van der Waals surface area (Å²) in [6, 6.07) is 16.6. The van der Waals surface area contributed by atoms with E-state index in [9.17, 15) is 9.59 Å². The molecule has 88 valence electrons. The van der Waals surface area contributed by atoms with Gasteiger partial charge in [0.15, 0.2) is 0 Å². The monoisotopic (exact) mass is 255 g/mol. The summed E-state index contributed by atoms with van der Waals surface area (Å²) in [4.78, 5) is 24.6. The third-order valence-electron chi connectivity index (χ3n) is 2.69. The number of hydrogen-bond acceptors (Lipinski definition) is 3. The van der Waals surface area contributed by atoms with E-state index in [0.29, 0.717) is 11.3 Å². The maximum absolute atomic E-state index is 11.9. The summed E-state index contributed by atoms with van der Waals surface area (Å²) in [5.74, 6) is -0.918. The van der Waals surface area contributed by atoms with Gasteiger partial charge in [0.1, 0.15) is 0 Å². The fourth-order valence-corrected chi connectivity index (χ4v) is 2.75. The Bertz CT molecular complexity index is 625. The minimum atomic E-state index is -0.481. The van der Waals surface area contributed by atoms with E-state index in [-0.39, 0.29) is 0 Å². The summed E-state index contributed by atoms with van der Waals surface area (Å²) in [6.07, 6.45) is 0. The fraction of sp³-hybridized carbons (Fsp3) is 0. The van der Waals surface area contributed by atoms with Gasteiger partial charge in [-0.15, -0.1) is 0 Å². The molecule has 0 saturated carbocycles. The van der Waals surface area contributed by atoms with Crippen molar-refractivity contribution in [3.63, 3.8) is 0 Å². The lowest BCUT2D eigenvalue weighted by molar-refractivity contribution is -0.113. The summed E-state index contributed by atoms with van der Waals surface area (Å²) >= 11 is 1.27. The van der Waals surface area contributed by atoms with Crippen LogP contribution < -0.4 is 4.31 Å². The van der Waals surface area contributed by atoms with Crippen LogP contribution in [-0.2, 0) is 4.79 Å². The topological polar surface area (TPSA) is 37.4 Å². The Kier molecular flexibility index (Phi) is 2.64. The van der Waals surface area contributed by atoms with Gasteiger partial charge in [-0.25, -0.2) is 4.31 Å². The molecule has 0 bridgehead atoms. The molecule has 3 nitrogen and oxygen atoms in total. The molecule has 4 heteroatoms. The molecule has 0 fully saturated rings. The van der Waals surface area contributed by atoms with Crippen molar-refractivity contribution < 1.29 is 9.59 Å². The summed E-state index contributed by atoms with van der Waals surface area (Å²) in [5.41, 5.74) is 1.15. The van der Waals surface area contributed by atoms with Crippen molar-refractivity contribution in [1.82, 2.24) is 0 Å². The normalized spacial score (nSPS) is 13.9. The van der Waals surface area contributed by atoms with E-state index in [1.54, 1.807) is 18.2 Å². The van der Waals surface area contributed by atoms with E-state index in [2.05, 4.69) is 0 Å². The minimum Gasteiger partial charge on any atom is -0.283 e. The Morgan fingerprint density at radius 1 is 0.833 bits per heavy atom. The van der Waals surface area contributed by atoms with Crippen molar-refractivity contribution in [3.05, 3.63) is 60.2 Å². The van der Waals surface area contributed by atoms with Crippen LogP contribution in [0.5, 0.6) is 0 Å². The molecule has 0 radical (unpaired) electrons. The Labute approximate surface area is 109 Å². The highest BCUT2D eigenvalue weighted by Gasteiger charge is 2.36. The Balaban J connectivity index is 1.99. The van der Waals surface area contributed by atoms with Gasteiger partial charge >= 0.3 is 5.91 Å². The highest BCUT2D eigenvalue weighted by Crippen LogP contribution is 2.36. The van der Waals surface area contributed by atoms with Crippen LogP contribution >= 0.6 is 11.9 Å². The number of hydrogen-bond donors (Lipinski definition) is 0. The first-order chi connectivity index (χ1) is 8.77. The maximum atomic E-state index is 11.9. The van der Waals surface area contributed by atoms with E-state index in [0.717, 1.165) is 4.90 Å². The number of carbonyl (C=O) groups is 2. The quantitative estimate of drug-likeness (QED) is 0.611. The molecule has 2 aromatic rings. The second kappa shape index (κ2) is 4.31. The number of para-hydroxylation sites is 1. The fourth-order valence-electron chi connectivity index (χ4n) is 1.84. The lowest BCUT2D eigenvalue weighted by Gasteiger charge is -2.14. The molecule has 2 aromatic carbocycles. The van der Waals surface area contributed by atoms with Crippen LogP contribution in [0.2, 0.25) is 0 Å². The zero-order chi connectivity index (χ0) is 12.5. The predicted molar refractivity (Wildman–Crippen MR) is 70.6 cm³/mol. The summed E-state index contributed by atoms with van der Waals surface area (Å²) < 4.78 is 1.45. The number of Topliss-reactive ketones (excluding diaryl/α,β-unsaturated/α-hetero) is 1. The Morgan fingerprint density at radius 3 is 2.28 bits per heavy atom. The number of fused-ring (bicyclic) bond motifs is 1. The highest BCUT2D eigenvalue weighted by atomic mass is 32.2. The molecular weight excluding hydrogens is 246 g/mol. The number of nitrogens with zero attached hydrogens (tertiary/aromatic N) is 1. The van der Waals surface area contributed by atoms with Crippen molar-refractivity contribution in [2.24, 2.45) is 0 Å². The van der Waals surface area contributed by atoms with Gasteiger partial charge in [0.2, 0.25) is 0 Å². The first-order valence-electron chi connectivity index (χ1n) is 5.48. The van der Waals surface area contributed by atoms with Gasteiger partial charge < -0.3 is 0 Å². The molecule has 0 aromatic heterocycles. The zero-order valence-corrected chi connectivity index (χ0v) is 10.2. The van der Waals surface area contributed by atoms with Gasteiger partial charge in [0.25, 0.3) is 5.78 Å². The van der Waals surface area contributed by atoms with Gasteiger partial charge in [-0.1, -0.05) is 30.3 Å². The smallest absolute Gasteiger partial charge is 0.283 e. The minimum absolute atomic E-state index is 0.436. The number of anilines is 1. The van der Waals surface area contributed by atoms with Crippen LogP contribution in [0.1, 0.15) is 10.4 Å². The molecule has 1 aliphatic rings. The van der Waals surface area contributed by atoms with Crippen LogP contribution in [0.25, 0.3) is 0 Å². The van der Waals surface area contributed by atoms with Gasteiger partial charge in [-0.3, -0.25) is 9.59 Å². The highest BCUT2D eigenvalue weighted by molar-refractivity contribution is 8.01. The summed E-state index contributed by atoms with van der Waals surface area (Å²) in [7, 11) is 0. The van der Waals surface area contributed by atoms with Crippen molar-refractivity contribution in [2.75, 3.05) is 4.31 Å². The number of carbonyl (C=O) groups excluding carboxylic acids is 2. The third-order valence-corrected chi connectivity index (χ3v) is 3.71. The molecular formula is C14H9NO2S. The largest absolute Gasteiger partial charge is 0.309 e. The molecule has 0 N–H and O–H groups in total. The van der Waals surface area contributed by atoms with Crippen molar-refractivity contribution in [2.45, 2.75) is 4.90 Å². The standard InChI is InChI=1S/C14H9NO2S/c16-13-11-8-4-5-9-12(11)15(14(13)17)18-10-6-2-1-3-7-10/h1-9H. The molecule has 0 atom stereocenters. The van der Waals surface area contributed by atoms with Crippen LogP contribution in [0.3, 0.4) is 0 Å². The van der Waals surface area contributed by atoms with E-state index in [1.807, 2.05) is 36.4 Å². The van der Waals surface area contributed by atoms with Gasteiger partial charge in [-0.2, -0.15) is 0 Å². The van der Waals surface area contributed by atoms with Crippen LogP contribution in [0.4, 0.5) is 5.69 Å². The zero-order valence-electron chi connectivity index (χ0n) is 9.37. The molecule has 1 heterocycles. The molecule has 1 amide bonds. The number of benzene rings is 2. The molecule has 18 heavy (non-hydrogen) atoms. The van der Waals surface area contributed by atoms with Crippen LogP contribution in [0.15, 0.2) is 59.5 Å². The van der Waals surface area contributed by atoms with E-state index < -0.39 is 11.7 Å². The number of rotatable bonds is 2. The van der Waals surface area contributed by atoms with Crippen molar-refractivity contribution in [3.8, 4) is 0 Å². The number of ketones is 1. The van der Waals surface area contributed by atoms with E-state index in [1.165, 1.54) is 16.3 Å². The second-order valence-electron chi connectivity index (χ2n) is 3.85. The van der Waals surface area contributed by atoms with Crippen molar-refractivity contribution >= 4 is 29.3 Å². The van der Waals surface area contributed by atoms with Crippen LogP contribution in [0, 0.1) is 0 Å². The molecule has 0 spiro atoms. The SMILES string of the molecule is O=C1C(=O)N(Sc2ccccc2)c2ccccc21. The van der Waals surface area contributed by atoms with Crippen LogP contribution in [-0.4, -0.2) is 11.7 Å². The molecule has 0 saturated heterocycles. The first kappa shape index (κ1) is 11.0. The first-order valence-corrected chi connectivity index (χ1v) is 6.25. The Morgan fingerprint density at radius 2 is 1.50 bits per heavy atom. The number of amides is 1.